The minimum atomic E-state index is -0.493. The van der Waals surface area contributed by atoms with E-state index in [-0.39, 0.29) is 5.69 Å². The van der Waals surface area contributed by atoms with Crippen molar-refractivity contribution in [3.63, 3.8) is 0 Å². The number of carbonyl (C=O) groups excluding carboxylic acids is 1. The molecule has 0 unspecified atom stereocenters. The van der Waals surface area contributed by atoms with Gasteiger partial charge in [-0.1, -0.05) is 12.1 Å². The predicted octanol–water partition coefficient (Wildman–Crippen LogP) is 4.25. The van der Waals surface area contributed by atoms with E-state index in [4.69, 9.17) is 9.47 Å². The lowest BCUT2D eigenvalue weighted by Crippen LogP contribution is -2.13. The lowest BCUT2D eigenvalue weighted by atomic mass is 10.1. The lowest BCUT2D eigenvalue weighted by Gasteiger charge is -2.13. The first kappa shape index (κ1) is 16.3. The van der Waals surface area contributed by atoms with E-state index in [9.17, 15) is 9.18 Å². The van der Waals surface area contributed by atoms with E-state index in [1.54, 1.807) is 24.3 Å². The van der Waals surface area contributed by atoms with Crippen LogP contribution in [0.5, 0.6) is 11.5 Å². The van der Waals surface area contributed by atoms with Gasteiger partial charge in [-0.25, -0.2) is 4.39 Å². The standard InChI is InChI=1S/C16H15BrFNO3/c1-3-22-15-11(17)8-10(9-14(15)21-2)16(20)19-13-7-5-4-6-12(13)18/h4-9H,3H2,1-2H3,(H,19,20). The second-order valence-corrected chi connectivity index (χ2v) is 5.21. The van der Waals surface area contributed by atoms with Crippen LogP contribution in [0.4, 0.5) is 10.1 Å². The van der Waals surface area contributed by atoms with Gasteiger partial charge in [0.05, 0.1) is 23.9 Å². The van der Waals surface area contributed by atoms with E-state index in [0.29, 0.717) is 28.1 Å². The lowest BCUT2D eigenvalue weighted by molar-refractivity contribution is 0.102. The van der Waals surface area contributed by atoms with Gasteiger partial charge in [0.15, 0.2) is 11.5 Å². The average Bonchev–Trinajstić information content (AvgIpc) is 2.51. The summed E-state index contributed by atoms with van der Waals surface area (Å²) < 4.78 is 24.9. The van der Waals surface area contributed by atoms with Crippen LogP contribution in [0.3, 0.4) is 0 Å². The summed E-state index contributed by atoms with van der Waals surface area (Å²) in [7, 11) is 1.49. The summed E-state index contributed by atoms with van der Waals surface area (Å²) in [4.78, 5) is 12.3. The SMILES string of the molecule is CCOc1c(Br)cc(C(=O)Nc2ccccc2F)cc1OC. The Labute approximate surface area is 136 Å². The third-order valence-corrected chi connectivity index (χ3v) is 3.49. The van der Waals surface area contributed by atoms with Gasteiger partial charge in [0, 0.05) is 5.56 Å². The van der Waals surface area contributed by atoms with Crippen LogP contribution in [0.1, 0.15) is 17.3 Å². The number of halogens is 2. The predicted molar refractivity (Wildman–Crippen MR) is 86.2 cm³/mol. The van der Waals surface area contributed by atoms with Crippen LogP contribution in [0, 0.1) is 5.82 Å². The minimum absolute atomic E-state index is 0.122. The summed E-state index contributed by atoms with van der Waals surface area (Å²) in [6.07, 6.45) is 0. The Kier molecular flexibility index (Phi) is 5.38. The molecule has 2 rings (SSSR count). The molecule has 0 saturated carbocycles. The fourth-order valence-corrected chi connectivity index (χ4v) is 2.45. The van der Waals surface area contributed by atoms with Crippen LogP contribution >= 0.6 is 15.9 Å². The van der Waals surface area contributed by atoms with Crippen molar-refractivity contribution in [2.24, 2.45) is 0 Å². The van der Waals surface area contributed by atoms with E-state index in [2.05, 4.69) is 21.2 Å². The quantitative estimate of drug-likeness (QED) is 0.859. The van der Waals surface area contributed by atoms with Crippen LogP contribution in [0.25, 0.3) is 0 Å². The molecular weight excluding hydrogens is 353 g/mol. The number of anilines is 1. The zero-order chi connectivity index (χ0) is 16.1. The molecule has 116 valence electrons. The molecule has 22 heavy (non-hydrogen) atoms. The first-order valence-electron chi connectivity index (χ1n) is 6.63. The number of ether oxygens (including phenoxy) is 2. The number of para-hydroxylation sites is 1. The molecule has 6 heteroatoms. The number of hydrogen-bond donors (Lipinski definition) is 1. The van der Waals surface area contributed by atoms with Crippen molar-refractivity contribution in [2.75, 3.05) is 19.0 Å². The molecule has 0 aliphatic heterocycles. The molecular formula is C16H15BrFNO3. The Hall–Kier alpha value is -2.08. The average molecular weight is 368 g/mol. The molecule has 0 heterocycles. The Bertz CT molecular complexity index is 691. The molecule has 1 amide bonds. The zero-order valence-electron chi connectivity index (χ0n) is 12.2. The monoisotopic (exact) mass is 367 g/mol. The van der Waals surface area contributed by atoms with Crippen LogP contribution in [-0.4, -0.2) is 19.6 Å². The van der Waals surface area contributed by atoms with Gasteiger partial charge in [-0.15, -0.1) is 0 Å². The summed E-state index contributed by atoms with van der Waals surface area (Å²) in [6.45, 7) is 2.32. The highest BCUT2D eigenvalue weighted by molar-refractivity contribution is 9.10. The van der Waals surface area contributed by atoms with Gasteiger partial charge in [0.25, 0.3) is 5.91 Å². The Morgan fingerprint density at radius 3 is 2.68 bits per heavy atom. The first-order chi connectivity index (χ1) is 10.6. The van der Waals surface area contributed by atoms with Crippen molar-refractivity contribution in [2.45, 2.75) is 6.92 Å². The van der Waals surface area contributed by atoms with E-state index < -0.39 is 11.7 Å². The Balaban J connectivity index is 2.30. The zero-order valence-corrected chi connectivity index (χ0v) is 13.7. The number of methoxy groups -OCH3 is 1. The molecule has 0 spiro atoms. The van der Waals surface area contributed by atoms with Crippen LogP contribution in [-0.2, 0) is 0 Å². The van der Waals surface area contributed by atoms with Gasteiger partial charge < -0.3 is 14.8 Å². The first-order valence-corrected chi connectivity index (χ1v) is 7.42. The third kappa shape index (κ3) is 3.57. The second kappa shape index (κ2) is 7.26. The van der Waals surface area contributed by atoms with Gasteiger partial charge in [0.2, 0.25) is 0 Å². The maximum atomic E-state index is 13.6. The number of rotatable bonds is 5. The van der Waals surface area contributed by atoms with Crippen molar-refractivity contribution in [3.05, 3.63) is 52.3 Å². The number of amides is 1. The van der Waals surface area contributed by atoms with Crippen molar-refractivity contribution in [3.8, 4) is 11.5 Å². The topological polar surface area (TPSA) is 47.6 Å². The van der Waals surface area contributed by atoms with Crippen LogP contribution in [0.15, 0.2) is 40.9 Å². The van der Waals surface area contributed by atoms with Gasteiger partial charge in [0.1, 0.15) is 5.82 Å². The third-order valence-electron chi connectivity index (χ3n) is 2.90. The molecule has 0 radical (unpaired) electrons. The van der Waals surface area contributed by atoms with Gasteiger partial charge in [-0.3, -0.25) is 4.79 Å². The maximum Gasteiger partial charge on any atom is 0.255 e. The molecule has 4 nitrogen and oxygen atoms in total. The largest absolute Gasteiger partial charge is 0.493 e. The van der Waals surface area contributed by atoms with E-state index in [0.717, 1.165) is 0 Å². The molecule has 0 aromatic heterocycles. The number of carbonyl (C=O) groups is 1. The van der Waals surface area contributed by atoms with Gasteiger partial charge in [-0.05, 0) is 47.1 Å². The fraction of sp³-hybridized carbons (Fsp3) is 0.188. The van der Waals surface area contributed by atoms with Crippen molar-refractivity contribution in [1.29, 1.82) is 0 Å². The van der Waals surface area contributed by atoms with Crippen molar-refractivity contribution >= 4 is 27.5 Å². The molecule has 0 bridgehead atoms. The molecule has 0 fully saturated rings. The highest BCUT2D eigenvalue weighted by Gasteiger charge is 2.16. The molecule has 1 N–H and O–H groups in total. The second-order valence-electron chi connectivity index (χ2n) is 4.36. The molecule has 0 aliphatic rings. The fourth-order valence-electron chi connectivity index (χ4n) is 1.89. The summed E-state index contributed by atoms with van der Waals surface area (Å²) in [5, 5.41) is 2.53. The summed E-state index contributed by atoms with van der Waals surface area (Å²) in [5.74, 6) is 0.0160. The molecule has 2 aromatic rings. The van der Waals surface area contributed by atoms with Crippen molar-refractivity contribution < 1.29 is 18.7 Å². The van der Waals surface area contributed by atoms with E-state index >= 15 is 0 Å². The Morgan fingerprint density at radius 1 is 1.32 bits per heavy atom. The minimum Gasteiger partial charge on any atom is -0.493 e. The normalized spacial score (nSPS) is 10.2. The highest BCUT2D eigenvalue weighted by atomic mass is 79.9. The van der Waals surface area contributed by atoms with Crippen LogP contribution in [0.2, 0.25) is 0 Å². The molecule has 0 atom stereocenters. The number of nitrogens with one attached hydrogen (secondary N) is 1. The molecule has 2 aromatic carbocycles. The number of hydrogen-bond acceptors (Lipinski definition) is 3. The van der Waals surface area contributed by atoms with E-state index in [1.807, 2.05) is 6.92 Å². The number of benzene rings is 2. The van der Waals surface area contributed by atoms with Crippen molar-refractivity contribution in [1.82, 2.24) is 0 Å². The summed E-state index contributed by atoms with van der Waals surface area (Å²) >= 11 is 3.35. The highest BCUT2D eigenvalue weighted by Crippen LogP contribution is 2.36. The van der Waals surface area contributed by atoms with Gasteiger partial charge >= 0.3 is 0 Å². The van der Waals surface area contributed by atoms with E-state index in [1.165, 1.54) is 19.2 Å². The van der Waals surface area contributed by atoms with Crippen LogP contribution < -0.4 is 14.8 Å². The maximum absolute atomic E-state index is 13.6. The molecule has 0 saturated heterocycles. The summed E-state index contributed by atoms with van der Waals surface area (Å²) in [6, 6.07) is 9.13. The smallest absolute Gasteiger partial charge is 0.255 e. The Morgan fingerprint density at radius 2 is 2.05 bits per heavy atom. The molecule has 0 aliphatic carbocycles. The summed E-state index contributed by atoms with van der Waals surface area (Å²) in [5.41, 5.74) is 0.451. The van der Waals surface area contributed by atoms with Gasteiger partial charge in [-0.2, -0.15) is 0 Å².